The minimum Gasteiger partial charge on any atom is -0.474 e. The highest BCUT2D eigenvalue weighted by molar-refractivity contribution is 7.92. The lowest BCUT2D eigenvalue weighted by Crippen LogP contribution is -2.46. The Labute approximate surface area is 188 Å². The maximum absolute atomic E-state index is 13.4. The van der Waals surface area contributed by atoms with Gasteiger partial charge in [-0.05, 0) is 57.4 Å². The van der Waals surface area contributed by atoms with Gasteiger partial charge in [-0.25, -0.2) is 8.42 Å². The monoisotopic (exact) mass is 462 g/mol. The molecule has 32 heavy (non-hydrogen) atoms. The molecule has 2 aromatic rings. The number of hydrogen-bond donors (Lipinski definition) is 3. The molecule has 9 nitrogen and oxygen atoms in total. The van der Waals surface area contributed by atoms with E-state index in [4.69, 9.17) is 4.74 Å². The molecule has 0 radical (unpaired) electrons. The number of aromatic amines is 1. The average molecular weight is 463 g/mol. The Balaban J connectivity index is 1.78. The first-order valence-electron chi connectivity index (χ1n) is 10.6. The second-order valence-electron chi connectivity index (χ2n) is 8.13. The molecule has 1 aromatic heterocycles. The van der Waals surface area contributed by atoms with Crippen LogP contribution in [0.3, 0.4) is 0 Å². The summed E-state index contributed by atoms with van der Waals surface area (Å²) < 4.78 is 32.2. The van der Waals surface area contributed by atoms with Gasteiger partial charge in [-0.2, -0.15) is 0 Å². The summed E-state index contributed by atoms with van der Waals surface area (Å²) in [6.07, 6.45) is 3.02. The van der Waals surface area contributed by atoms with E-state index in [1.807, 2.05) is 18.7 Å². The third-order valence-corrected chi connectivity index (χ3v) is 7.31. The lowest BCUT2D eigenvalue weighted by molar-refractivity contribution is 0.102. The van der Waals surface area contributed by atoms with Gasteiger partial charge in [-0.3, -0.25) is 14.8 Å². The van der Waals surface area contributed by atoms with Crippen LogP contribution in [0.2, 0.25) is 0 Å². The van der Waals surface area contributed by atoms with E-state index in [1.165, 1.54) is 24.3 Å². The number of carbonyl (C=O) groups is 1. The first kappa shape index (κ1) is 24.0. The van der Waals surface area contributed by atoms with E-state index in [1.54, 1.807) is 12.1 Å². The number of H-pyrrole nitrogens is 1. The van der Waals surface area contributed by atoms with Crippen molar-refractivity contribution >= 4 is 21.6 Å². The Kier molecular flexibility index (Phi) is 7.70. The van der Waals surface area contributed by atoms with Gasteiger partial charge in [0.1, 0.15) is 11.2 Å². The molecule has 1 fully saturated rings. The SMILES string of the molecule is C=CC(N1CCCC(CO)C1)S(=O)(=O)c1cccc(C(=O)Nc2cc(OC(C)C)n[nH]2)c1. The number of nitrogens with one attached hydrogen (secondary N) is 2. The Morgan fingerprint density at radius 3 is 2.91 bits per heavy atom. The van der Waals surface area contributed by atoms with Crippen LogP contribution in [0.15, 0.2) is 47.9 Å². The fourth-order valence-corrected chi connectivity index (χ4v) is 5.44. The number of piperidine rings is 1. The first-order valence-corrected chi connectivity index (χ1v) is 12.1. The topological polar surface area (TPSA) is 125 Å². The van der Waals surface area contributed by atoms with E-state index < -0.39 is 21.1 Å². The quantitative estimate of drug-likeness (QED) is 0.489. The number of nitrogens with zero attached hydrogens (tertiary/aromatic N) is 2. The number of rotatable bonds is 9. The molecule has 1 aliphatic rings. The molecule has 0 spiro atoms. The average Bonchev–Trinajstić information content (AvgIpc) is 3.20. The number of hydrogen-bond acceptors (Lipinski definition) is 7. The van der Waals surface area contributed by atoms with Crippen LogP contribution in [0.5, 0.6) is 5.88 Å². The summed E-state index contributed by atoms with van der Waals surface area (Å²) >= 11 is 0. The largest absolute Gasteiger partial charge is 0.474 e. The van der Waals surface area contributed by atoms with E-state index in [0.29, 0.717) is 24.8 Å². The Morgan fingerprint density at radius 2 is 2.22 bits per heavy atom. The van der Waals surface area contributed by atoms with Gasteiger partial charge in [0, 0.05) is 24.8 Å². The molecule has 0 saturated carbocycles. The normalized spacial score (nSPS) is 18.3. The van der Waals surface area contributed by atoms with Crippen molar-refractivity contribution < 1.29 is 23.1 Å². The molecule has 2 unspecified atom stereocenters. The van der Waals surface area contributed by atoms with Gasteiger partial charge in [0.05, 0.1) is 11.0 Å². The highest BCUT2D eigenvalue weighted by Crippen LogP contribution is 2.26. The van der Waals surface area contributed by atoms with Crippen LogP contribution < -0.4 is 10.1 Å². The van der Waals surface area contributed by atoms with Crippen LogP contribution in [-0.2, 0) is 9.84 Å². The molecule has 1 saturated heterocycles. The van der Waals surface area contributed by atoms with E-state index >= 15 is 0 Å². The second kappa shape index (κ2) is 10.3. The smallest absolute Gasteiger partial charge is 0.256 e. The van der Waals surface area contributed by atoms with Crippen LogP contribution in [0.25, 0.3) is 0 Å². The Hall–Kier alpha value is -2.69. The van der Waals surface area contributed by atoms with Gasteiger partial charge in [-0.1, -0.05) is 12.1 Å². The summed E-state index contributed by atoms with van der Waals surface area (Å²) in [5.74, 6) is 0.252. The molecule has 1 aliphatic heterocycles. The fraction of sp³-hybridized carbons (Fsp3) is 0.455. The zero-order chi connectivity index (χ0) is 23.3. The predicted molar refractivity (Wildman–Crippen MR) is 121 cm³/mol. The number of aliphatic hydroxyl groups excluding tert-OH is 1. The lowest BCUT2D eigenvalue weighted by Gasteiger charge is -2.36. The van der Waals surface area contributed by atoms with Crippen molar-refractivity contribution in [2.24, 2.45) is 5.92 Å². The predicted octanol–water partition coefficient (Wildman–Crippen LogP) is 2.44. The lowest BCUT2D eigenvalue weighted by atomic mass is 9.99. The van der Waals surface area contributed by atoms with Crippen molar-refractivity contribution in [2.75, 3.05) is 25.0 Å². The molecule has 1 amide bonds. The number of sulfone groups is 1. The zero-order valence-corrected chi connectivity index (χ0v) is 19.1. The van der Waals surface area contributed by atoms with Gasteiger partial charge in [0.2, 0.25) is 5.88 Å². The third kappa shape index (κ3) is 5.56. The molecule has 0 bridgehead atoms. The number of likely N-dealkylation sites (tertiary alicyclic amines) is 1. The van der Waals surface area contributed by atoms with E-state index in [2.05, 4.69) is 22.1 Å². The summed E-state index contributed by atoms with van der Waals surface area (Å²) in [4.78, 5) is 14.6. The number of aromatic nitrogens is 2. The van der Waals surface area contributed by atoms with E-state index in [-0.39, 0.29) is 29.1 Å². The molecular weight excluding hydrogens is 432 g/mol. The maximum Gasteiger partial charge on any atom is 0.256 e. The van der Waals surface area contributed by atoms with Crippen molar-refractivity contribution in [3.05, 3.63) is 48.6 Å². The van der Waals surface area contributed by atoms with Gasteiger partial charge in [-0.15, -0.1) is 11.7 Å². The number of carbonyl (C=O) groups excluding carboxylic acids is 1. The number of ether oxygens (including phenoxy) is 1. The highest BCUT2D eigenvalue weighted by Gasteiger charge is 2.33. The van der Waals surface area contributed by atoms with Gasteiger partial charge < -0.3 is 15.2 Å². The van der Waals surface area contributed by atoms with Crippen LogP contribution in [0.4, 0.5) is 5.82 Å². The van der Waals surface area contributed by atoms with E-state index in [9.17, 15) is 18.3 Å². The number of anilines is 1. The minimum absolute atomic E-state index is 0.0214. The molecular formula is C22H30N4O5S. The molecule has 3 N–H and O–H groups in total. The molecule has 2 heterocycles. The van der Waals surface area contributed by atoms with Crippen molar-refractivity contribution in [2.45, 2.75) is 43.1 Å². The number of aliphatic hydroxyl groups is 1. The van der Waals surface area contributed by atoms with Gasteiger partial charge >= 0.3 is 0 Å². The summed E-state index contributed by atoms with van der Waals surface area (Å²) in [6.45, 7) is 8.56. The van der Waals surface area contributed by atoms with Crippen LogP contribution in [0, 0.1) is 5.92 Å². The fourth-order valence-electron chi connectivity index (χ4n) is 3.77. The molecule has 10 heteroatoms. The van der Waals surface area contributed by atoms with Crippen LogP contribution in [0.1, 0.15) is 37.0 Å². The zero-order valence-electron chi connectivity index (χ0n) is 18.3. The van der Waals surface area contributed by atoms with Crippen molar-refractivity contribution in [1.29, 1.82) is 0 Å². The molecule has 174 valence electrons. The number of amides is 1. The van der Waals surface area contributed by atoms with Gasteiger partial charge in [0.15, 0.2) is 9.84 Å². The standard InChI is InChI=1S/C22H30N4O5S/c1-4-21(26-10-6-7-16(13-26)14-27)32(29,30)18-9-5-8-17(11-18)22(28)23-19-12-20(25-24-19)31-15(2)3/h4-5,8-9,11-12,15-16,21,27H,1,6-7,10,13-14H2,2-3H3,(H2,23,24,25,28). The van der Waals surface area contributed by atoms with Crippen LogP contribution >= 0.6 is 0 Å². The highest BCUT2D eigenvalue weighted by atomic mass is 32.2. The van der Waals surface area contributed by atoms with Crippen molar-refractivity contribution in [3.8, 4) is 5.88 Å². The summed E-state index contributed by atoms with van der Waals surface area (Å²) in [5.41, 5.74) is 0.196. The summed E-state index contributed by atoms with van der Waals surface area (Å²) in [7, 11) is -3.81. The molecule has 3 rings (SSSR count). The molecule has 2 atom stereocenters. The van der Waals surface area contributed by atoms with Gasteiger partial charge in [0.25, 0.3) is 5.91 Å². The van der Waals surface area contributed by atoms with Crippen molar-refractivity contribution in [3.63, 3.8) is 0 Å². The second-order valence-corrected chi connectivity index (χ2v) is 10.2. The minimum atomic E-state index is -3.81. The van der Waals surface area contributed by atoms with E-state index in [0.717, 1.165) is 12.8 Å². The summed E-state index contributed by atoms with van der Waals surface area (Å²) in [5, 5.41) is 17.9. The number of benzene rings is 1. The first-order chi connectivity index (χ1) is 15.2. The molecule has 0 aliphatic carbocycles. The Bertz CT molecular complexity index is 1050. The van der Waals surface area contributed by atoms with Crippen LogP contribution in [-0.4, -0.2) is 65.7 Å². The Morgan fingerprint density at radius 1 is 1.44 bits per heavy atom. The van der Waals surface area contributed by atoms with Crippen molar-refractivity contribution in [1.82, 2.24) is 15.1 Å². The summed E-state index contributed by atoms with van der Waals surface area (Å²) in [6, 6.07) is 7.47. The third-order valence-electron chi connectivity index (χ3n) is 5.27. The maximum atomic E-state index is 13.4. The molecule has 1 aromatic carbocycles.